The van der Waals surface area contributed by atoms with Gasteiger partial charge in [-0.2, -0.15) is 0 Å². The molecule has 0 radical (unpaired) electrons. The molecule has 0 aliphatic carbocycles. The van der Waals surface area contributed by atoms with Gasteiger partial charge in [-0.3, -0.25) is 9.78 Å². The van der Waals surface area contributed by atoms with E-state index in [4.69, 9.17) is 16.7 Å². The summed E-state index contributed by atoms with van der Waals surface area (Å²) in [6.07, 6.45) is 1.57. The van der Waals surface area contributed by atoms with Crippen LogP contribution in [0, 0.1) is 0 Å². The first-order valence-corrected chi connectivity index (χ1v) is 5.20. The van der Waals surface area contributed by atoms with Gasteiger partial charge in [-0.25, -0.2) is 9.78 Å². The number of hydrogen-bond donors (Lipinski definition) is 2. The van der Waals surface area contributed by atoms with E-state index < -0.39 is 6.09 Å². The van der Waals surface area contributed by atoms with Gasteiger partial charge >= 0.3 is 6.09 Å². The SMILES string of the molecule is O=C(O)NC1CN(C(=O)c2cncc(Cl)n2)C1. The van der Waals surface area contributed by atoms with Crippen LogP contribution >= 0.6 is 11.6 Å². The van der Waals surface area contributed by atoms with Crippen molar-refractivity contribution in [1.82, 2.24) is 20.2 Å². The molecule has 1 fully saturated rings. The van der Waals surface area contributed by atoms with Crippen molar-refractivity contribution in [3.8, 4) is 0 Å². The molecule has 17 heavy (non-hydrogen) atoms. The van der Waals surface area contributed by atoms with Crippen molar-refractivity contribution in [3.05, 3.63) is 23.2 Å². The Morgan fingerprint density at radius 3 is 2.76 bits per heavy atom. The summed E-state index contributed by atoms with van der Waals surface area (Å²) in [6, 6.07) is -0.219. The van der Waals surface area contributed by atoms with Gasteiger partial charge in [0, 0.05) is 13.1 Å². The van der Waals surface area contributed by atoms with E-state index in [0.29, 0.717) is 13.1 Å². The van der Waals surface area contributed by atoms with Gasteiger partial charge < -0.3 is 15.3 Å². The Bertz CT molecular complexity index is 461. The fourth-order valence-corrected chi connectivity index (χ4v) is 1.66. The quantitative estimate of drug-likeness (QED) is 0.789. The zero-order valence-electron chi connectivity index (χ0n) is 8.63. The maximum atomic E-state index is 11.8. The van der Waals surface area contributed by atoms with Crippen LogP contribution < -0.4 is 5.32 Å². The van der Waals surface area contributed by atoms with Crippen LogP contribution in [-0.2, 0) is 0 Å². The second-order valence-electron chi connectivity index (χ2n) is 3.58. The molecule has 2 rings (SSSR count). The molecule has 0 aromatic carbocycles. The first-order chi connectivity index (χ1) is 8.06. The Labute approximate surface area is 101 Å². The van der Waals surface area contributed by atoms with Gasteiger partial charge in [-0.1, -0.05) is 11.6 Å². The molecule has 1 aromatic heterocycles. The third-order valence-corrected chi connectivity index (χ3v) is 2.50. The summed E-state index contributed by atoms with van der Waals surface area (Å²) in [5, 5.41) is 10.9. The normalized spacial score (nSPS) is 15.2. The van der Waals surface area contributed by atoms with Crippen molar-refractivity contribution in [2.45, 2.75) is 6.04 Å². The third-order valence-electron chi connectivity index (χ3n) is 2.32. The lowest BCUT2D eigenvalue weighted by Crippen LogP contribution is -2.60. The number of nitrogens with zero attached hydrogens (tertiary/aromatic N) is 3. The second kappa shape index (κ2) is 4.54. The average Bonchev–Trinajstić information content (AvgIpc) is 2.21. The van der Waals surface area contributed by atoms with Crippen LogP contribution in [-0.4, -0.2) is 51.1 Å². The highest BCUT2D eigenvalue weighted by atomic mass is 35.5. The van der Waals surface area contributed by atoms with E-state index in [1.54, 1.807) is 0 Å². The molecule has 0 spiro atoms. The molecule has 0 atom stereocenters. The number of carbonyl (C=O) groups is 2. The van der Waals surface area contributed by atoms with E-state index in [-0.39, 0.29) is 22.8 Å². The minimum absolute atomic E-state index is 0.150. The summed E-state index contributed by atoms with van der Waals surface area (Å²) in [5.74, 6) is -0.302. The number of aromatic nitrogens is 2. The molecule has 1 aliphatic rings. The number of rotatable bonds is 2. The number of amides is 2. The van der Waals surface area contributed by atoms with Gasteiger partial charge in [0.15, 0.2) is 0 Å². The predicted molar refractivity (Wildman–Crippen MR) is 57.9 cm³/mol. The first-order valence-electron chi connectivity index (χ1n) is 4.82. The van der Waals surface area contributed by atoms with Crippen molar-refractivity contribution in [1.29, 1.82) is 0 Å². The molecule has 1 aliphatic heterocycles. The summed E-state index contributed by atoms with van der Waals surface area (Å²) in [6.45, 7) is 0.665. The minimum Gasteiger partial charge on any atom is -0.465 e. The highest BCUT2D eigenvalue weighted by Gasteiger charge is 2.32. The van der Waals surface area contributed by atoms with E-state index in [1.165, 1.54) is 17.3 Å². The fourth-order valence-electron chi connectivity index (χ4n) is 1.52. The Morgan fingerprint density at radius 2 is 2.18 bits per heavy atom. The molecule has 0 saturated carbocycles. The molecule has 0 unspecified atom stereocenters. The second-order valence-corrected chi connectivity index (χ2v) is 3.97. The van der Waals surface area contributed by atoms with Crippen LogP contribution in [0.1, 0.15) is 10.5 Å². The maximum absolute atomic E-state index is 11.8. The van der Waals surface area contributed by atoms with E-state index in [1.807, 2.05) is 0 Å². The van der Waals surface area contributed by atoms with E-state index in [0.717, 1.165) is 0 Å². The van der Waals surface area contributed by atoms with Gasteiger partial charge in [0.2, 0.25) is 0 Å². The highest BCUT2D eigenvalue weighted by Crippen LogP contribution is 2.12. The van der Waals surface area contributed by atoms with Crippen molar-refractivity contribution >= 4 is 23.6 Å². The predicted octanol–water partition coefficient (Wildman–Crippen LogP) is 0.222. The fraction of sp³-hybridized carbons (Fsp3) is 0.333. The van der Waals surface area contributed by atoms with Crippen LogP contribution in [0.3, 0.4) is 0 Å². The number of nitrogens with one attached hydrogen (secondary N) is 1. The van der Waals surface area contributed by atoms with Gasteiger partial charge in [0.05, 0.1) is 18.4 Å². The van der Waals surface area contributed by atoms with Crippen molar-refractivity contribution < 1.29 is 14.7 Å². The minimum atomic E-state index is -1.09. The summed E-state index contributed by atoms with van der Waals surface area (Å²) < 4.78 is 0. The van der Waals surface area contributed by atoms with Gasteiger partial charge in [0.25, 0.3) is 5.91 Å². The summed E-state index contributed by atoms with van der Waals surface area (Å²) in [5.41, 5.74) is 0.159. The molecular formula is C9H9ClN4O3. The standard InChI is InChI=1S/C9H9ClN4O3/c10-7-2-11-1-6(13-7)8(15)14-3-5(4-14)12-9(16)17/h1-2,5,12H,3-4H2,(H,16,17). The molecule has 2 heterocycles. The van der Waals surface area contributed by atoms with Crippen LogP contribution in [0.2, 0.25) is 5.15 Å². The van der Waals surface area contributed by atoms with Crippen LogP contribution in [0.15, 0.2) is 12.4 Å². The summed E-state index contributed by atoms with van der Waals surface area (Å²) >= 11 is 5.62. The number of hydrogen-bond acceptors (Lipinski definition) is 4. The molecule has 2 amide bonds. The Hall–Kier alpha value is -1.89. The highest BCUT2D eigenvalue weighted by molar-refractivity contribution is 6.29. The maximum Gasteiger partial charge on any atom is 0.405 e. The van der Waals surface area contributed by atoms with Gasteiger partial charge in [0.1, 0.15) is 10.8 Å². The van der Waals surface area contributed by atoms with Crippen molar-refractivity contribution in [3.63, 3.8) is 0 Å². The average molecular weight is 257 g/mol. The number of halogens is 1. The largest absolute Gasteiger partial charge is 0.465 e. The molecule has 1 saturated heterocycles. The smallest absolute Gasteiger partial charge is 0.405 e. The van der Waals surface area contributed by atoms with Gasteiger partial charge in [-0.15, -0.1) is 0 Å². The summed E-state index contributed by atoms with van der Waals surface area (Å²) in [7, 11) is 0. The lowest BCUT2D eigenvalue weighted by Gasteiger charge is -2.38. The monoisotopic (exact) mass is 256 g/mol. The number of likely N-dealkylation sites (tertiary alicyclic amines) is 1. The Balaban J connectivity index is 1.93. The van der Waals surface area contributed by atoms with E-state index >= 15 is 0 Å². The Morgan fingerprint density at radius 1 is 1.47 bits per heavy atom. The van der Waals surface area contributed by atoms with Gasteiger partial charge in [-0.05, 0) is 0 Å². The molecule has 0 bridgehead atoms. The third kappa shape index (κ3) is 2.62. The number of carboxylic acid groups (broad SMARTS) is 1. The number of carbonyl (C=O) groups excluding carboxylic acids is 1. The van der Waals surface area contributed by atoms with Crippen LogP contribution in [0.4, 0.5) is 4.79 Å². The lowest BCUT2D eigenvalue weighted by molar-refractivity contribution is 0.0558. The Kier molecular flexibility index (Phi) is 3.10. The molecule has 8 heteroatoms. The van der Waals surface area contributed by atoms with Crippen molar-refractivity contribution in [2.75, 3.05) is 13.1 Å². The van der Waals surface area contributed by atoms with Crippen LogP contribution in [0.5, 0.6) is 0 Å². The van der Waals surface area contributed by atoms with E-state index in [9.17, 15) is 9.59 Å². The topological polar surface area (TPSA) is 95.4 Å². The first kappa shape index (κ1) is 11.6. The molecule has 1 aromatic rings. The van der Waals surface area contributed by atoms with Crippen molar-refractivity contribution in [2.24, 2.45) is 0 Å². The zero-order chi connectivity index (χ0) is 12.4. The van der Waals surface area contributed by atoms with E-state index in [2.05, 4.69) is 15.3 Å². The van der Waals surface area contributed by atoms with Crippen LogP contribution in [0.25, 0.3) is 0 Å². The lowest BCUT2D eigenvalue weighted by atomic mass is 10.1. The molecule has 90 valence electrons. The molecule has 7 nitrogen and oxygen atoms in total. The molecular weight excluding hydrogens is 248 g/mol. The zero-order valence-corrected chi connectivity index (χ0v) is 9.39. The summed E-state index contributed by atoms with van der Waals surface area (Å²) in [4.78, 5) is 31.2. The molecule has 2 N–H and O–H groups in total.